The maximum atomic E-state index is 2.73. The maximum Gasteiger partial charge on any atom is 0.0236 e. The first kappa shape index (κ1) is 13.3. The fraction of sp³-hybridized carbons (Fsp3) is 1.00. The van der Waals surface area contributed by atoms with E-state index in [1.807, 2.05) is 0 Å². The molecule has 0 aromatic heterocycles. The fourth-order valence-electron chi connectivity index (χ4n) is 3.13. The average molecular weight is 239 g/mol. The molecule has 0 aromatic carbocycles. The SMILES string of the molecule is CCCCN1CCN([C@@H]2CCN(CC)C2)CC1. The average Bonchev–Trinajstić information content (AvgIpc) is 2.86. The van der Waals surface area contributed by atoms with Crippen molar-refractivity contribution in [3.8, 4) is 0 Å². The van der Waals surface area contributed by atoms with Gasteiger partial charge in [0.15, 0.2) is 0 Å². The predicted molar refractivity (Wildman–Crippen MR) is 73.4 cm³/mol. The van der Waals surface area contributed by atoms with Gasteiger partial charge in [-0.1, -0.05) is 20.3 Å². The lowest BCUT2D eigenvalue weighted by Crippen LogP contribution is -2.51. The van der Waals surface area contributed by atoms with Crippen molar-refractivity contribution in [2.75, 3.05) is 52.4 Å². The van der Waals surface area contributed by atoms with Gasteiger partial charge in [-0.3, -0.25) is 4.90 Å². The van der Waals surface area contributed by atoms with Gasteiger partial charge < -0.3 is 9.80 Å². The number of hydrogen-bond acceptors (Lipinski definition) is 3. The molecule has 3 nitrogen and oxygen atoms in total. The minimum Gasteiger partial charge on any atom is -0.302 e. The van der Waals surface area contributed by atoms with Crippen LogP contribution in [0.2, 0.25) is 0 Å². The first-order valence-corrected chi connectivity index (χ1v) is 7.52. The summed E-state index contributed by atoms with van der Waals surface area (Å²) in [7, 11) is 0. The first-order chi connectivity index (χ1) is 8.33. The Bertz CT molecular complexity index is 212. The molecule has 0 aliphatic carbocycles. The standard InChI is InChI=1S/C14H29N3/c1-3-5-7-16-9-11-17(12-10-16)14-6-8-15(4-2)13-14/h14H,3-13H2,1-2H3/t14-/m1/s1. The molecule has 0 radical (unpaired) electrons. The van der Waals surface area contributed by atoms with Crippen molar-refractivity contribution in [2.24, 2.45) is 0 Å². The van der Waals surface area contributed by atoms with E-state index in [2.05, 4.69) is 28.5 Å². The highest BCUT2D eigenvalue weighted by Crippen LogP contribution is 2.17. The summed E-state index contributed by atoms with van der Waals surface area (Å²) in [5.74, 6) is 0. The molecule has 0 unspecified atom stereocenters. The summed E-state index contributed by atoms with van der Waals surface area (Å²) >= 11 is 0. The molecule has 2 rings (SSSR count). The lowest BCUT2D eigenvalue weighted by molar-refractivity contribution is 0.0971. The highest BCUT2D eigenvalue weighted by molar-refractivity contribution is 4.85. The fourth-order valence-corrected chi connectivity index (χ4v) is 3.13. The third-order valence-corrected chi connectivity index (χ3v) is 4.45. The highest BCUT2D eigenvalue weighted by Gasteiger charge is 2.28. The number of rotatable bonds is 5. The van der Waals surface area contributed by atoms with E-state index in [9.17, 15) is 0 Å². The lowest BCUT2D eigenvalue weighted by atomic mass is 10.2. The van der Waals surface area contributed by atoms with Gasteiger partial charge in [-0.15, -0.1) is 0 Å². The number of nitrogens with zero attached hydrogens (tertiary/aromatic N) is 3. The van der Waals surface area contributed by atoms with Crippen molar-refractivity contribution in [2.45, 2.75) is 39.2 Å². The van der Waals surface area contributed by atoms with Gasteiger partial charge in [-0.05, 0) is 32.5 Å². The Kier molecular flexibility index (Phi) is 5.26. The van der Waals surface area contributed by atoms with E-state index in [0.717, 1.165) is 6.04 Å². The molecule has 17 heavy (non-hydrogen) atoms. The van der Waals surface area contributed by atoms with Crippen LogP contribution in [0, 0.1) is 0 Å². The molecule has 0 saturated carbocycles. The normalized spacial score (nSPS) is 28.9. The van der Waals surface area contributed by atoms with E-state index in [0.29, 0.717) is 0 Å². The largest absolute Gasteiger partial charge is 0.302 e. The molecule has 1 atom stereocenters. The summed E-state index contributed by atoms with van der Waals surface area (Å²) in [6, 6.07) is 0.850. The van der Waals surface area contributed by atoms with E-state index >= 15 is 0 Å². The van der Waals surface area contributed by atoms with Crippen molar-refractivity contribution in [1.29, 1.82) is 0 Å². The van der Waals surface area contributed by atoms with Crippen LogP contribution in [0.15, 0.2) is 0 Å². The van der Waals surface area contributed by atoms with Crippen LogP contribution >= 0.6 is 0 Å². The third-order valence-electron chi connectivity index (χ3n) is 4.45. The van der Waals surface area contributed by atoms with Crippen LogP contribution in [0.5, 0.6) is 0 Å². The Balaban J connectivity index is 1.68. The van der Waals surface area contributed by atoms with Crippen LogP contribution in [0.3, 0.4) is 0 Å². The van der Waals surface area contributed by atoms with E-state index in [4.69, 9.17) is 0 Å². The summed E-state index contributed by atoms with van der Waals surface area (Å²) in [5.41, 5.74) is 0. The summed E-state index contributed by atoms with van der Waals surface area (Å²) in [6.45, 7) is 14.9. The van der Waals surface area contributed by atoms with Crippen molar-refractivity contribution >= 4 is 0 Å². The van der Waals surface area contributed by atoms with Crippen LogP contribution in [0.4, 0.5) is 0 Å². The van der Waals surface area contributed by atoms with E-state index in [-0.39, 0.29) is 0 Å². The van der Waals surface area contributed by atoms with Gasteiger partial charge in [-0.2, -0.15) is 0 Å². The molecular weight excluding hydrogens is 210 g/mol. The van der Waals surface area contributed by atoms with Gasteiger partial charge in [0.1, 0.15) is 0 Å². The molecule has 2 heterocycles. The Morgan fingerprint density at radius 3 is 2.29 bits per heavy atom. The molecule has 2 fully saturated rings. The summed E-state index contributed by atoms with van der Waals surface area (Å²) < 4.78 is 0. The molecule has 3 heteroatoms. The van der Waals surface area contributed by atoms with Crippen molar-refractivity contribution in [3.63, 3.8) is 0 Å². The molecular formula is C14H29N3. The number of hydrogen-bond donors (Lipinski definition) is 0. The zero-order valence-electron chi connectivity index (χ0n) is 11.7. The topological polar surface area (TPSA) is 9.72 Å². The summed E-state index contributed by atoms with van der Waals surface area (Å²) in [6.07, 6.45) is 4.09. The highest BCUT2D eigenvalue weighted by atomic mass is 15.3. The second kappa shape index (κ2) is 6.72. The zero-order valence-corrected chi connectivity index (χ0v) is 11.7. The van der Waals surface area contributed by atoms with Crippen molar-refractivity contribution in [1.82, 2.24) is 14.7 Å². The zero-order chi connectivity index (χ0) is 12.1. The van der Waals surface area contributed by atoms with Crippen molar-refractivity contribution in [3.05, 3.63) is 0 Å². The molecule has 0 amide bonds. The van der Waals surface area contributed by atoms with E-state index in [1.54, 1.807) is 0 Å². The third kappa shape index (κ3) is 3.67. The molecule has 2 saturated heterocycles. The second-order valence-corrected chi connectivity index (χ2v) is 5.57. The number of likely N-dealkylation sites (N-methyl/N-ethyl adjacent to an activating group) is 1. The Morgan fingerprint density at radius 1 is 0.941 bits per heavy atom. The molecule has 2 aliphatic heterocycles. The van der Waals surface area contributed by atoms with Crippen LogP contribution in [0.1, 0.15) is 33.1 Å². The van der Waals surface area contributed by atoms with Crippen LogP contribution in [-0.2, 0) is 0 Å². The van der Waals surface area contributed by atoms with Crippen molar-refractivity contribution < 1.29 is 0 Å². The maximum absolute atomic E-state index is 2.73. The Labute approximate surface area is 107 Å². The quantitative estimate of drug-likeness (QED) is 0.720. The predicted octanol–water partition coefficient (Wildman–Crippen LogP) is 1.50. The monoisotopic (exact) mass is 239 g/mol. The molecule has 0 bridgehead atoms. The van der Waals surface area contributed by atoms with Crippen LogP contribution in [-0.4, -0.2) is 73.1 Å². The summed E-state index contributed by atoms with van der Waals surface area (Å²) in [4.78, 5) is 7.97. The second-order valence-electron chi connectivity index (χ2n) is 5.57. The van der Waals surface area contributed by atoms with E-state index in [1.165, 1.54) is 71.6 Å². The van der Waals surface area contributed by atoms with Gasteiger partial charge in [-0.25, -0.2) is 0 Å². The molecule has 0 N–H and O–H groups in total. The smallest absolute Gasteiger partial charge is 0.0236 e. The Morgan fingerprint density at radius 2 is 1.71 bits per heavy atom. The van der Waals surface area contributed by atoms with Gasteiger partial charge >= 0.3 is 0 Å². The van der Waals surface area contributed by atoms with Crippen LogP contribution in [0.25, 0.3) is 0 Å². The number of unbranched alkanes of at least 4 members (excludes halogenated alkanes) is 1. The first-order valence-electron chi connectivity index (χ1n) is 7.52. The lowest BCUT2D eigenvalue weighted by Gasteiger charge is -2.38. The van der Waals surface area contributed by atoms with Gasteiger partial charge in [0, 0.05) is 38.8 Å². The molecule has 2 aliphatic rings. The van der Waals surface area contributed by atoms with Gasteiger partial charge in [0.25, 0.3) is 0 Å². The van der Waals surface area contributed by atoms with Gasteiger partial charge in [0.05, 0.1) is 0 Å². The van der Waals surface area contributed by atoms with Crippen LogP contribution < -0.4 is 0 Å². The minimum absolute atomic E-state index is 0.850. The van der Waals surface area contributed by atoms with Gasteiger partial charge in [0.2, 0.25) is 0 Å². The Hall–Kier alpha value is -0.120. The van der Waals surface area contributed by atoms with E-state index < -0.39 is 0 Å². The number of piperazine rings is 1. The molecule has 100 valence electrons. The number of likely N-dealkylation sites (tertiary alicyclic amines) is 1. The molecule has 0 spiro atoms. The summed E-state index contributed by atoms with van der Waals surface area (Å²) in [5, 5.41) is 0. The molecule has 0 aromatic rings. The minimum atomic E-state index is 0.850.